The molecule has 2 heterocycles. The van der Waals surface area contributed by atoms with Gasteiger partial charge in [0.25, 0.3) is 5.91 Å². The van der Waals surface area contributed by atoms with Crippen molar-refractivity contribution in [3.05, 3.63) is 58.7 Å². The van der Waals surface area contributed by atoms with E-state index in [2.05, 4.69) is 4.98 Å². The number of aromatic nitrogens is 1. The average Bonchev–Trinajstić information content (AvgIpc) is 3.34. The first-order valence-corrected chi connectivity index (χ1v) is 10.4. The monoisotopic (exact) mass is 388 g/mol. The van der Waals surface area contributed by atoms with Crippen molar-refractivity contribution in [2.75, 3.05) is 12.3 Å². The van der Waals surface area contributed by atoms with Crippen LogP contribution in [0.15, 0.2) is 42.6 Å². The van der Waals surface area contributed by atoms with Crippen molar-refractivity contribution >= 4 is 29.3 Å². The van der Waals surface area contributed by atoms with E-state index in [1.54, 1.807) is 18.0 Å². The minimum Gasteiger partial charge on any atom is -0.474 e. The Kier molecular flexibility index (Phi) is 5.36. The summed E-state index contributed by atoms with van der Waals surface area (Å²) in [7, 11) is 0. The molecule has 0 N–H and O–H groups in total. The largest absolute Gasteiger partial charge is 0.474 e. The smallest absolute Gasteiger partial charge is 0.256 e. The maximum Gasteiger partial charge on any atom is 0.256 e. The number of ether oxygens (including phenoxy) is 1. The van der Waals surface area contributed by atoms with Gasteiger partial charge < -0.3 is 9.64 Å². The van der Waals surface area contributed by atoms with Crippen LogP contribution in [0.1, 0.15) is 47.0 Å². The quantitative estimate of drug-likeness (QED) is 0.743. The molecular weight excluding hydrogens is 368 g/mol. The average molecular weight is 389 g/mol. The second kappa shape index (κ2) is 7.89. The van der Waals surface area contributed by atoms with Crippen molar-refractivity contribution < 1.29 is 9.53 Å². The fraction of sp³-hybridized carbons (Fsp3) is 0.400. The first-order valence-electron chi connectivity index (χ1n) is 9.01. The van der Waals surface area contributed by atoms with E-state index < -0.39 is 0 Å². The van der Waals surface area contributed by atoms with Crippen molar-refractivity contribution in [1.29, 1.82) is 0 Å². The van der Waals surface area contributed by atoms with E-state index in [1.807, 2.05) is 41.3 Å². The van der Waals surface area contributed by atoms with Gasteiger partial charge in [0.1, 0.15) is 11.5 Å². The van der Waals surface area contributed by atoms with Gasteiger partial charge in [0.05, 0.1) is 5.56 Å². The second-order valence-corrected chi connectivity index (χ2v) is 8.31. The molecule has 1 amide bonds. The highest BCUT2D eigenvalue weighted by atomic mass is 35.5. The number of hydrogen-bond acceptors (Lipinski definition) is 4. The van der Waals surface area contributed by atoms with E-state index in [-0.39, 0.29) is 17.4 Å². The Morgan fingerprint density at radius 1 is 1.15 bits per heavy atom. The Bertz CT molecular complexity index is 760. The zero-order valence-electron chi connectivity index (χ0n) is 14.4. The molecule has 26 heavy (non-hydrogen) atoms. The summed E-state index contributed by atoms with van der Waals surface area (Å²) in [6.07, 6.45) is 6.54. The van der Waals surface area contributed by atoms with Gasteiger partial charge in [-0.15, -0.1) is 11.8 Å². The van der Waals surface area contributed by atoms with E-state index in [0.717, 1.165) is 30.7 Å². The fourth-order valence-corrected chi connectivity index (χ4v) is 4.88. The van der Waals surface area contributed by atoms with Crippen LogP contribution in [0.5, 0.6) is 5.88 Å². The lowest BCUT2D eigenvalue weighted by atomic mass is 10.2. The molecule has 6 heteroatoms. The molecule has 1 aromatic carbocycles. The molecule has 1 saturated heterocycles. The molecule has 1 atom stereocenters. The number of halogens is 1. The molecule has 4 rings (SSSR count). The van der Waals surface area contributed by atoms with E-state index in [4.69, 9.17) is 16.3 Å². The summed E-state index contributed by atoms with van der Waals surface area (Å²) >= 11 is 7.76. The minimum absolute atomic E-state index is 0.00914. The van der Waals surface area contributed by atoms with Crippen LogP contribution in [0, 0.1) is 0 Å². The van der Waals surface area contributed by atoms with Crippen LogP contribution < -0.4 is 4.74 Å². The van der Waals surface area contributed by atoms with Crippen molar-refractivity contribution in [2.45, 2.75) is 37.2 Å². The lowest BCUT2D eigenvalue weighted by Gasteiger charge is -2.24. The van der Waals surface area contributed by atoms with E-state index in [9.17, 15) is 4.79 Å². The number of amides is 1. The van der Waals surface area contributed by atoms with E-state index in [0.29, 0.717) is 16.5 Å². The van der Waals surface area contributed by atoms with E-state index >= 15 is 0 Å². The zero-order chi connectivity index (χ0) is 17.9. The first-order chi connectivity index (χ1) is 12.7. The molecule has 1 aromatic heterocycles. The van der Waals surface area contributed by atoms with Gasteiger partial charge in [-0.2, -0.15) is 0 Å². The zero-order valence-corrected chi connectivity index (χ0v) is 16.0. The molecule has 2 fully saturated rings. The lowest BCUT2D eigenvalue weighted by molar-refractivity contribution is 0.0759. The molecule has 2 aromatic rings. The Morgan fingerprint density at radius 2 is 1.92 bits per heavy atom. The number of thioether (sulfide) groups is 1. The minimum atomic E-state index is 0.00914. The van der Waals surface area contributed by atoms with Crippen molar-refractivity contribution in [3.63, 3.8) is 0 Å². The maximum atomic E-state index is 13.0. The molecule has 1 aliphatic carbocycles. The molecule has 1 unspecified atom stereocenters. The second-order valence-electron chi connectivity index (χ2n) is 6.68. The number of pyridine rings is 1. The summed E-state index contributed by atoms with van der Waals surface area (Å²) in [5.41, 5.74) is 1.70. The van der Waals surface area contributed by atoms with Crippen LogP contribution in [-0.2, 0) is 0 Å². The normalized spacial score (nSPS) is 20.5. The fourth-order valence-electron chi connectivity index (χ4n) is 3.50. The van der Waals surface area contributed by atoms with Crippen LogP contribution in [0.25, 0.3) is 0 Å². The molecule has 0 spiro atoms. The molecule has 4 nitrogen and oxygen atoms in total. The maximum absolute atomic E-state index is 13.0. The topological polar surface area (TPSA) is 42.4 Å². The Balaban J connectivity index is 1.46. The molecule has 1 saturated carbocycles. The third kappa shape index (κ3) is 3.84. The predicted molar refractivity (Wildman–Crippen MR) is 105 cm³/mol. The van der Waals surface area contributed by atoms with Crippen molar-refractivity contribution in [2.24, 2.45) is 0 Å². The van der Waals surface area contributed by atoms with Gasteiger partial charge in [-0.05, 0) is 49.4 Å². The highest BCUT2D eigenvalue weighted by Crippen LogP contribution is 2.39. The Labute approximate surface area is 162 Å². The number of benzene rings is 1. The summed E-state index contributed by atoms with van der Waals surface area (Å²) < 4.78 is 5.88. The van der Waals surface area contributed by atoms with Gasteiger partial charge in [0.15, 0.2) is 0 Å². The van der Waals surface area contributed by atoms with Gasteiger partial charge >= 0.3 is 0 Å². The van der Waals surface area contributed by atoms with Crippen molar-refractivity contribution in [1.82, 2.24) is 9.88 Å². The third-order valence-electron chi connectivity index (χ3n) is 4.88. The van der Waals surface area contributed by atoms with Crippen LogP contribution in [-0.4, -0.2) is 34.2 Å². The van der Waals surface area contributed by atoms with Crippen LogP contribution in [0.3, 0.4) is 0 Å². The molecule has 136 valence electrons. The SMILES string of the molecule is O=C(c1ccc(OC2CCCC2)nc1)N1CCSC1c1ccc(Cl)cc1. The molecule has 0 radical (unpaired) electrons. The summed E-state index contributed by atoms with van der Waals surface area (Å²) in [5, 5.41) is 0.728. The highest BCUT2D eigenvalue weighted by molar-refractivity contribution is 7.99. The number of carbonyl (C=O) groups is 1. The van der Waals surface area contributed by atoms with E-state index in [1.165, 1.54) is 12.8 Å². The summed E-state index contributed by atoms with van der Waals surface area (Å²) in [5.74, 6) is 1.54. The predicted octanol–water partition coefficient (Wildman–Crippen LogP) is 4.94. The van der Waals surface area contributed by atoms with Gasteiger partial charge in [-0.25, -0.2) is 4.98 Å². The standard InChI is InChI=1S/C20H21ClN2O2S/c21-16-8-5-14(6-9-16)20-23(11-12-26-20)19(24)15-7-10-18(22-13-15)25-17-3-1-2-4-17/h5-10,13,17,20H,1-4,11-12H2. The van der Waals surface area contributed by atoms with Gasteiger partial charge in [0, 0.05) is 29.6 Å². The summed E-state index contributed by atoms with van der Waals surface area (Å²) in [6, 6.07) is 11.3. The third-order valence-corrected chi connectivity index (χ3v) is 6.39. The van der Waals surface area contributed by atoms with Gasteiger partial charge in [-0.3, -0.25) is 4.79 Å². The molecular formula is C20H21ClN2O2S. The number of rotatable bonds is 4. The molecule has 2 aliphatic rings. The number of nitrogens with zero attached hydrogens (tertiary/aromatic N) is 2. The van der Waals surface area contributed by atoms with Crippen LogP contribution >= 0.6 is 23.4 Å². The van der Waals surface area contributed by atoms with Crippen molar-refractivity contribution in [3.8, 4) is 5.88 Å². The number of carbonyl (C=O) groups excluding carboxylic acids is 1. The summed E-state index contributed by atoms with van der Waals surface area (Å²) in [4.78, 5) is 19.2. The summed E-state index contributed by atoms with van der Waals surface area (Å²) in [6.45, 7) is 0.733. The molecule has 0 bridgehead atoms. The highest BCUT2D eigenvalue weighted by Gasteiger charge is 2.31. The number of hydrogen-bond donors (Lipinski definition) is 0. The first kappa shape index (κ1) is 17.7. The van der Waals surface area contributed by atoms with Gasteiger partial charge in [0.2, 0.25) is 5.88 Å². The lowest BCUT2D eigenvalue weighted by Crippen LogP contribution is -2.30. The van der Waals surface area contributed by atoms with Crippen LogP contribution in [0.2, 0.25) is 5.02 Å². The van der Waals surface area contributed by atoms with Crippen LogP contribution in [0.4, 0.5) is 0 Å². The Morgan fingerprint density at radius 3 is 2.62 bits per heavy atom. The Hall–Kier alpha value is -1.72. The van der Waals surface area contributed by atoms with Gasteiger partial charge in [-0.1, -0.05) is 23.7 Å². The molecule has 1 aliphatic heterocycles.